The van der Waals surface area contributed by atoms with E-state index in [1.54, 1.807) is 24.3 Å². The number of hydrogen-bond donors (Lipinski definition) is 2. The summed E-state index contributed by atoms with van der Waals surface area (Å²) in [6.07, 6.45) is 3.56. The Balaban J connectivity index is 2.05. The summed E-state index contributed by atoms with van der Waals surface area (Å²) in [6, 6.07) is 6.70. The van der Waals surface area contributed by atoms with Gasteiger partial charge in [-0.2, -0.15) is 0 Å². The minimum Gasteiger partial charge on any atom is -0.366 e. The number of benzene rings is 1. The lowest BCUT2D eigenvalue weighted by molar-refractivity contribution is 0.0879. The van der Waals surface area contributed by atoms with Crippen LogP contribution in [0.5, 0.6) is 0 Å². The zero-order valence-electron chi connectivity index (χ0n) is 12.1. The summed E-state index contributed by atoms with van der Waals surface area (Å²) < 4.78 is 0. The molecule has 1 aliphatic rings. The molecule has 1 saturated carbocycles. The van der Waals surface area contributed by atoms with E-state index in [4.69, 9.17) is 5.73 Å². The first kappa shape index (κ1) is 14.6. The van der Waals surface area contributed by atoms with Crippen molar-refractivity contribution in [2.45, 2.75) is 39.2 Å². The van der Waals surface area contributed by atoms with Crippen LogP contribution in [0.4, 0.5) is 0 Å². The van der Waals surface area contributed by atoms with Crippen molar-refractivity contribution in [2.24, 2.45) is 17.6 Å². The summed E-state index contributed by atoms with van der Waals surface area (Å²) in [5.74, 6) is 0.457. The predicted molar refractivity (Wildman–Crippen MR) is 78.4 cm³/mol. The average molecular weight is 274 g/mol. The van der Waals surface area contributed by atoms with Gasteiger partial charge in [-0.1, -0.05) is 20.3 Å². The minimum absolute atomic E-state index is 0.0772. The first-order valence-electron chi connectivity index (χ1n) is 7.19. The Hall–Kier alpha value is -1.84. The second-order valence-electron chi connectivity index (χ2n) is 5.83. The largest absolute Gasteiger partial charge is 0.366 e. The van der Waals surface area contributed by atoms with E-state index in [-0.39, 0.29) is 11.9 Å². The van der Waals surface area contributed by atoms with E-state index in [1.165, 1.54) is 6.42 Å². The molecule has 3 atom stereocenters. The van der Waals surface area contributed by atoms with Gasteiger partial charge in [0.05, 0.1) is 0 Å². The lowest BCUT2D eigenvalue weighted by atomic mass is 9.78. The molecule has 0 spiro atoms. The molecule has 0 radical (unpaired) electrons. The van der Waals surface area contributed by atoms with Crippen molar-refractivity contribution in [2.75, 3.05) is 0 Å². The smallest absolute Gasteiger partial charge is 0.251 e. The molecule has 1 unspecified atom stereocenters. The van der Waals surface area contributed by atoms with Crippen LogP contribution in [0.15, 0.2) is 24.3 Å². The van der Waals surface area contributed by atoms with E-state index in [9.17, 15) is 9.59 Å². The summed E-state index contributed by atoms with van der Waals surface area (Å²) in [5, 5.41) is 3.13. The number of hydrogen-bond acceptors (Lipinski definition) is 2. The highest BCUT2D eigenvalue weighted by molar-refractivity contribution is 5.97. The molecule has 108 valence electrons. The van der Waals surface area contributed by atoms with Crippen LogP contribution in [0.1, 0.15) is 53.8 Å². The highest BCUT2D eigenvalue weighted by Crippen LogP contribution is 2.29. The predicted octanol–water partition coefficient (Wildman–Crippen LogP) is 2.34. The van der Waals surface area contributed by atoms with Gasteiger partial charge >= 0.3 is 0 Å². The zero-order chi connectivity index (χ0) is 14.7. The Kier molecular flexibility index (Phi) is 4.42. The molecule has 0 heterocycles. The third kappa shape index (κ3) is 3.18. The van der Waals surface area contributed by atoms with Crippen LogP contribution in [0.2, 0.25) is 0 Å². The normalized spacial score (nSPS) is 26.0. The van der Waals surface area contributed by atoms with Crippen molar-refractivity contribution in [1.82, 2.24) is 5.32 Å². The topological polar surface area (TPSA) is 72.2 Å². The van der Waals surface area contributed by atoms with Crippen LogP contribution >= 0.6 is 0 Å². The Bertz CT molecular complexity index is 486. The molecule has 1 fully saturated rings. The molecule has 3 N–H and O–H groups in total. The number of carbonyl (C=O) groups excluding carboxylic acids is 2. The third-order valence-electron chi connectivity index (χ3n) is 4.27. The SMILES string of the molecule is C[C@@H]1CCC[C@H](C)C1NC(=O)c1ccc(C(N)=O)cc1. The van der Waals surface area contributed by atoms with Gasteiger partial charge < -0.3 is 11.1 Å². The van der Waals surface area contributed by atoms with E-state index in [1.807, 2.05) is 0 Å². The number of primary amides is 1. The van der Waals surface area contributed by atoms with Gasteiger partial charge in [-0.3, -0.25) is 9.59 Å². The van der Waals surface area contributed by atoms with E-state index in [2.05, 4.69) is 19.2 Å². The maximum Gasteiger partial charge on any atom is 0.251 e. The van der Waals surface area contributed by atoms with Crippen molar-refractivity contribution in [3.63, 3.8) is 0 Å². The van der Waals surface area contributed by atoms with Crippen molar-refractivity contribution in [3.8, 4) is 0 Å². The monoisotopic (exact) mass is 274 g/mol. The quantitative estimate of drug-likeness (QED) is 0.888. The van der Waals surface area contributed by atoms with Crippen LogP contribution < -0.4 is 11.1 Å². The van der Waals surface area contributed by atoms with Crippen molar-refractivity contribution in [3.05, 3.63) is 35.4 Å². The minimum atomic E-state index is -0.480. The van der Waals surface area contributed by atoms with E-state index < -0.39 is 5.91 Å². The fourth-order valence-corrected chi connectivity index (χ4v) is 2.99. The van der Waals surface area contributed by atoms with Gasteiger partial charge in [0.15, 0.2) is 0 Å². The molecular formula is C16H22N2O2. The fraction of sp³-hybridized carbons (Fsp3) is 0.500. The third-order valence-corrected chi connectivity index (χ3v) is 4.27. The van der Waals surface area contributed by atoms with Gasteiger partial charge in [0.2, 0.25) is 5.91 Å². The molecule has 1 aromatic carbocycles. The standard InChI is InChI=1S/C16H22N2O2/c1-10-4-3-5-11(2)14(10)18-16(20)13-8-6-12(7-9-13)15(17)19/h6-11,14H,3-5H2,1-2H3,(H2,17,19)(H,18,20)/t10-,11+,14?. The van der Waals surface area contributed by atoms with E-state index in [0.717, 1.165) is 12.8 Å². The maximum atomic E-state index is 12.3. The molecule has 4 heteroatoms. The summed E-state index contributed by atoms with van der Waals surface area (Å²) in [6.45, 7) is 4.38. The van der Waals surface area contributed by atoms with Crippen LogP contribution in [-0.2, 0) is 0 Å². The maximum absolute atomic E-state index is 12.3. The summed E-state index contributed by atoms with van der Waals surface area (Å²) >= 11 is 0. The Labute approximate surface area is 119 Å². The van der Waals surface area contributed by atoms with E-state index >= 15 is 0 Å². The average Bonchev–Trinajstić information content (AvgIpc) is 2.43. The van der Waals surface area contributed by atoms with Gasteiger partial charge in [0, 0.05) is 17.2 Å². The molecule has 4 nitrogen and oxygen atoms in total. The van der Waals surface area contributed by atoms with Crippen LogP contribution in [0, 0.1) is 11.8 Å². The molecule has 20 heavy (non-hydrogen) atoms. The number of rotatable bonds is 3. The molecule has 0 saturated heterocycles. The number of nitrogens with two attached hydrogens (primary N) is 1. The summed E-state index contributed by atoms with van der Waals surface area (Å²) in [7, 11) is 0. The molecule has 2 amide bonds. The number of amides is 2. The van der Waals surface area contributed by atoms with Gasteiger partial charge in [-0.15, -0.1) is 0 Å². The molecule has 0 aromatic heterocycles. The number of carbonyl (C=O) groups is 2. The summed E-state index contributed by atoms with van der Waals surface area (Å²) in [4.78, 5) is 23.3. The molecule has 0 aliphatic heterocycles. The lowest BCUT2D eigenvalue weighted by Gasteiger charge is -2.35. The highest BCUT2D eigenvalue weighted by atomic mass is 16.2. The van der Waals surface area contributed by atoms with Crippen LogP contribution in [0.25, 0.3) is 0 Å². The van der Waals surface area contributed by atoms with Gasteiger partial charge in [-0.25, -0.2) is 0 Å². The second-order valence-corrected chi connectivity index (χ2v) is 5.83. The lowest BCUT2D eigenvalue weighted by Crippen LogP contribution is -2.45. The van der Waals surface area contributed by atoms with Crippen molar-refractivity contribution >= 4 is 11.8 Å². The Morgan fingerprint density at radius 3 is 2.05 bits per heavy atom. The van der Waals surface area contributed by atoms with Gasteiger partial charge in [-0.05, 0) is 48.9 Å². The summed E-state index contributed by atoms with van der Waals surface area (Å²) in [5.41, 5.74) is 6.17. The highest BCUT2D eigenvalue weighted by Gasteiger charge is 2.29. The fourth-order valence-electron chi connectivity index (χ4n) is 2.99. The van der Waals surface area contributed by atoms with Gasteiger partial charge in [0.1, 0.15) is 0 Å². The molecule has 1 aliphatic carbocycles. The number of nitrogens with one attached hydrogen (secondary N) is 1. The Morgan fingerprint density at radius 2 is 1.55 bits per heavy atom. The molecule has 2 rings (SSSR count). The van der Waals surface area contributed by atoms with Crippen LogP contribution in [0.3, 0.4) is 0 Å². The first-order valence-corrected chi connectivity index (χ1v) is 7.19. The first-order chi connectivity index (χ1) is 9.49. The second kappa shape index (κ2) is 6.07. The van der Waals surface area contributed by atoms with Gasteiger partial charge in [0.25, 0.3) is 5.91 Å². The Morgan fingerprint density at radius 1 is 1.05 bits per heavy atom. The van der Waals surface area contributed by atoms with E-state index in [0.29, 0.717) is 23.0 Å². The van der Waals surface area contributed by atoms with Crippen molar-refractivity contribution < 1.29 is 9.59 Å². The van der Waals surface area contributed by atoms with Crippen molar-refractivity contribution in [1.29, 1.82) is 0 Å². The van der Waals surface area contributed by atoms with Crippen LogP contribution in [-0.4, -0.2) is 17.9 Å². The molecule has 1 aromatic rings. The zero-order valence-corrected chi connectivity index (χ0v) is 12.1. The molecular weight excluding hydrogens is 252 g/mol. The molecule has 0 bridgehead atoms.